The van der Waals surface area contributed by atoms with Crippen LogP contribution in [0.3, 0.4) is 0 Å². The Labute approximate surface area is 129 Å². The molecule has 2 N–H and O–H groups in total. The normalized spacial score (nSPS) is 33.0. The molecule has 1 saturated heterocycles. The van der Waals surface area contributed by atoms with Crippen LogP contribution in [-0.2, 0) is 4.74 Å². The highest BCUT2D eigenvalue weighted by Gasteiger charge is 2.44. The first-order valence-electron chi connectivity index (χ1n) is 7.35. The average molecular weight is 340 g/mol. The second-order valence-electron chi connectivity index (χ2n) is 6.39. The molecule has 1 aromatic carbocycles. The molecular weight excluding hydrogens is 318 g/mol. The SMILES string of the molecule is CC(C)C1CC2(CCO1)C[C@@H](N)c1ccc(Br)cc1O2. The van der Waals surface area contributed by atoms with E-state index in [2.05, 4.69) is 35.8 Å². The molecular formula is C16H22BrNO2. The zero-order valence-corrected chi connectivity index (χ0v) is 13.7. The Kier molecular flexibility index (Phi) is 3.82. The molecule has 2 aliphatic heterocycles. The van der Waals surface area contributed by atoms with E-state index >= 15 is 0 Å². The summed E-state index contributed by atoms with van der Waals surface area (Å²) in [5.74, 6) is 1.44. The summed E-state index contributed by atoms with van der Waals surface area (Å²) in [4.78, 5) is 0. The summed E-state index contributed by atoms with van der Waals surface area (Å²) < 4.78 is 13.3. The zero-order valence-electron chi connectivity index (χ0n) is 12.1. The van der Waals surface area contributed by atoms with Crippen LogP contribution < -0.4 is 10.5 Å². The molecule has 1 aromatic rings. The molecule has 20 heavy (non-hydrogen) atoms. The molecule has 1 spiro atoms. The largest absolute Gasteiger partial charge is 0.487 e. The first-order chi connectivity index (χ1) is 9.49. The lowest BCUT2D eigenvalue weighted by Crippen LogP contribution is -2.50. The molecule has 0 aromatic heterocycles. The second-order valence-corrected chi connectivity index (χ2v) is 7.30. The summed E-state index contributed by atoms with van der Waals surface area (Å²) in [5.41, 5.74) is 7.35. The van der Waals surface area contributed by atoms with Crippen LogP contribution in [0.1, 0.15) is 44.7 Å². The summed E-state index contributed by atoms with van der Waals surface area (Å²) in [6, 6.07) is 6.19. The Balaban J connectivity index is 1.89. The molecule has 1 fully saturated rings. The Morgan fingerprint density at radius 2 is 2.15 bits per heavy atom. The van der Waals surface area contributed by atoms with E-state index in [1.165, 1.54) is 0 Å². The van der Waals surface area contributed by atoms with Gasteiger partial charge in [-0.1, -0.05) is 35.8 Å². The number of halogens is 1. The third-order valence-electron chi connectivity index (χ3n) is 4.50. The molecule has 3 atom stereocenters. The van der Waals surface area contributed by atoms with Crippen LogP contribution in [-0.4, -0.2) is 18.3 Å². The summed E-state index contributed by atoms with van der Waals surface area (Å²) in [6.45, 7) is 5.17. The van der Waals surface area contributed by atoms with Crippen LogP contribution in [0.25, 0.3) is 0 Å². The molecule has 3 nitrogen and oxygen atoms in total. The lowest BCUT2D eigenvalue weighted by molar-refractivity contribution is -0.115. The van der Waals surface area contributed by atoms with Crippen LogP contribution in [0.15, 0.2) is 22.7 Å². The van der Waals surface area contributed by atoms with Crippen LogP contribution in [0.4, 0.5) is 0 Å². The van der Waals surface area contributed by atoms with Crippen molar-refractivity contribution < 1.29 is 9.47 Å². The van der Waals surface area contributed by atoms with Crippen molar-refractivity contribution in [2.45, 2.75) is 50.9 Å². The lowest BCUT2D eigenvalue weighted by Gasteiger charge is -2.46. The Hall–Kier alpha value is -0.580. The summed E-state index contributed by atoms with van der Waals surface area (Å²) in [5, 5.41) is 0. The highest BCUT2D eigenvalue weighted by molar-refractivity contribution is 9.10. The monoisotopic (exact) mass is 339 g/mol. The second kappa shape index (κ2) is 5.32. The smallest absolute Gasteiger partial charge is 0.126 e. The van der Waals surface area contributed by atoms with Gasteiger partial charge in [-0.3, -0.25) is 0 Å². The van der Waals surface area contributed by atoms with E-state index in [0.29, 0.717) is 5.92 Å². The van der Waals surface area contributed by atoms with Gasteiger partial charge in [0, 0.05) is 35.3 Å². The van der Waals surface area contributed by atoms with E-state index in [-0.39, 0.29) is 17.7 Å². The summed E-state index contributed by atoms with van der Waals surface area (Å²) in [6.07, 6.45) is 3.01. The first-order valence-corrected chi connectivity index (χ1v) is 8.14. The summed E-state index contributed by atoms with van der Waals surface area (Å²) in [7, 11) is 0. The van der Waals surface area contributed by atoms with Crippen molar-refractivity contribution >= 4 is 15.9 Å². The summed E-state index contributed by atoms with van der Waals surface area (Å²) >= 11 is 3.51. The van der Waals surface area contributed by atoms with Crippen LogP contribution in [0.2, 0.25) is 0 Å². The van der Waals surface area contributed by atoms with Gasteiger partial charge in [0.2, 0.25) is 0 Å². The van der Waals surface area contributed by atoms with Gasteiger partial charge in [0.05, 0.1) is 12.7 Å². The number of fused-ring (bicyclic) bond motifs is 1. The highest BCUT2D eigenvalue weighted by Crippen LogP contribution is 2.45. The van der Waals surface area contributed by atoms with E-state index in [9.17, 15) is 0 Å². The van der Waals surface area contributed by atoms with E-state index in [1.54, 1.807) is 0 Å². The fraction of sp³-hybridized carbons (Fsp3) is 0.625. The predicted octanol–water partition coefficient (Wildman–Crippen LogP) is 3.81. The molecule has 2 unspecified atom stereocenters. The van der Waals surface area contributed by atoms with Crippen molar-refractivity contribution in [3.8, 4) is 5.75 Å². The molecule has 0 bridgehead atoms. The van der Waals surface area contributed by atoms with Crippen LogP contribution in [0, 0.1) is 5.92 Å². The molecule has 0 radical (unpaired) electrons. The molecule has 2 heterocycles. The fourth-order valence-electron chi connectivity index (χ4n) is 3.32. The third kappa shape index (κ3) is 2.61. The molecule has 110 valence electrons. The van der Waals surface area contributed by atoms with Gasteiger partial charge in [0.1, 0.15) is 11.4 Å². The van der Waals surface area contributed by atoms with Crippen molar-refractivity contribution in [3.05, 3.63) is 28.2 Å². The lowest BCUT2D eigenvalue weighted by atomic mass is 9.78. The highest BCUT2D eigenvalue weighted by atomic mass is 79.9. The molecule has 0 aliphatic carbocycles. The minimum absolute atomic E-state index is 0.0535. The topological polar surface area (TPSA) is 44.5 Å². The van der Waals surface area contributed by atoms with E-state index in [4.69, 9.17) is 15.2 Å². The minimum Gasteiger partial charge on any atom is -0.487 e. The van der Waals surface area contributed by atoms with Gasteiger partial charge >= 0.3 is 0 Å². The van der Waals surface area contributed by atoms with Gasteiger partial charge < -0.3 is 15.2 Å². The number of ether oxygens (including phenoxy) is 2. The van der Waals surface area contributed by atoms with Crippen molar-refractivity contribution in [1.82, 2.24) is 0 Å². The first kappa shape index (κ1) is 14.4. The zero-order chi connectivity index (χ0) is 14.3. The van der Waals surface area contributed by atoms with E-state index < -0.39 is 0 Å². The van der Waals surface area contributed by atoms with Crippen molar-refractivity contribution in [2.75, 3.05) is 6.61 Å². The minimum atomic E-state index is -0.152. The maximum atomic E-state index is 6.40. The molecule has 3 rings (SSSR count). The van der Waals surface area contributed by atoms with E-state index in [1.807, 2.05) is 12.1 Å². The standard InChI is InChI=1S/C16H22BrNO2/c1-10(2)15-9-16(5-6-19-15)8-13(18)12-4-3-11(17)7-14(12)20-16/h3-4,7,10,13,15H,5-6,8-9,18H2,1-2H3/t13-,15?,16?/m1/s1. The van der Waals surface area contributed by atoms with Crippen LogP contribution >= 0.6 is 15.9 Å². The maximum Gasteiger partial charge on any atom is 0.126 e. The number of rotatable bonds is 1. The average Bonchev–Trinajstić information content (AvgIpc) is 2.37. The van der Waals surface area contributed by atoms with Gasteiger partial charge in [-0.2, -0.15) is 0 Å². The number of hydrogen-bond acceptors (Lipinski definition) is 3. The van der Waals surface area contributed by atoms with Gasteiger partial charge in [0.25, 0.3) is 0 Å². The van der Waals surface area contributed by atoms with Gasteiger partial charge in [-0.05, 0) is 18.1 Å². The number of hydrogen-bond donors (Lipinski definition) is 1. The third-order valence-corrected chi connectivity index (χ3v) is 4.99. The predicted molar refractivity (Wildman–Crippen MR) is 82.9 cm³/mol. The maximum absolute atomic E-state index is 6.40. The number of nitrogens with two attached hydrogens (primary N) is 1. The molecule has 0 amide bonds. The number of benzene rings is 1. The van der Waals surface area contributed by atoms with Crippen molar-refractivity contribution in [1.29, 1.82) is 0 Å². The molecule has 2 aliphatic rings. The van der Waals surface area contributed by atoms with Crippen molar-refractivity contribution in [2.24, 2.45) is 11.7 Å². The molecule has 0 saturated carbocycles. The Morgan fingerprint density at radius 3 is 2.90 bits per heavy atom. The van der Waals surface area contributed by atoms with Crippen molar-refractivity contribution in [3.63, 3.8) is 0 Å². The quantitative estimate of drug-likeness (QED) is 0.846. The van der Waals surface area contributed by atoms with Crippen LogP contribution in [0.5, 0.6) is 5.75 Å². The fourth-order valence-corrected chi connectivity index (χ4v) is 3.66. The van der Waals surface area contributed by atoms with E-state index in [0.717, 1.165) is 41.7 Å². The molecule has 4 heteroatoms. The Morgan fingerprint density at radius 1 is 1.35 bits per heavy atom. The van der Waals surface area contributed by atoms with Gasteiger partial charge in [0.15, 0.2) is 0 Å². The Bertz CT molecular complexity index is 505. The van der Waals surface area contributed by atoms with Gasteiger partial charge in [-0.25, -0.2) is 0 Å². The van der Waals surface area contributed by atoms with Gasteiger partial charge in [-0.15, -0.1) is 0 Å².